The van der Waals surface area contributed by atoms with E-state index in [0.29, 0.717) is 23.1 Å². The molecule has 1 heterocycles. The molecule has 0 aliphatic carbocycles. The third kappa shape index (κ3) is 4.86. The highest BCUT2D eigenvalue weighted by Gasteiger charge is 2.16. The molecular weight excluding hydrogens is 372 g/mol. The molecule has 8 nitrogen and oxygen atoms in total. The highest BCUT2D eigenvalue weighted by atomic mass is 16.5. The maximum absolute atomic E-state index is 12.7. The molecule has 148 valence electrons. The molecule has 8 heteroatoms. The van der Waals surface area contributed by atoms with E-state index in [-0.39, 0.29) is 11.3 Å². The number of carbonyl (C=O) groups is 2. The Morgan fingerprint density at radius 1 is 0.966 bits per heavy atom. The van der Waals surface area contributed by atoms with E-state index in [1.165, 1.54) is 13.2 Å². The van der Waals surface area contributed by atoms with Gasteiger partial charge in [0.2, 0.25) is 0 Å². The Balaban J connectivity index is 1.84. The molecule has 29 heavy (non-hydrogen) atoms. The Labute approximate surface area is 167 Å². The zero-order valence-corrected chi connectivity index (χ0v) is 16.2. The lowest BCUT2D eigenvalue weighted by molar-refractivity contribution is 0.0602. The van der Waals surface area contributed by atoms with Crippen LogP contribution >= 0.6 is 0 Å². The summed E-state index contributed by atoms with van der Waals surface area (Å²) in [5, 5.41) is 5.83. The minimum atomic E-state index is -0.542. The summed E-state index contributed by atoms with van der Waals surface area (Å²) >= 11 is 0. The van der Waals surface area contributed by atoms with Gasteiger partial charge in [-0.15, -0.1) is 0 Å². The molecule has 2 aromatic carbocycles. The van der Waals surface area contributed by atoms with Crippen molar-refractivity contribution in [2.75, 3.05) is 24.9 Å². The fourth-order valence-electron chi connectivity index (χ4n) is 2.66. The van der Waals surface area contributed by atoms with Gasteiger partial charge in [0.1, 0.15) is 23.1 Å². The highest BCUT2D eigenvalue weighted by molar-refractivity contribution is 6.07. The van der Waals surface area contributed by atoms with Gasteiger partial charge in [-0.25, -0.2) is 14.8 Å². The van der Waals surface area contributed by atoms with Crippen molar-refractivity contribution in [3.63, 3.8) is 0 Å². The number of nitrogens with one attached hydrogen (secondary N) is 2. The third-order valence-electron chi connectivity index (χ3n) is 3.99. The van der Waals surface area contributed by atoms with Crippen molar-refractivity contribution in [2.45, 2.75) is 6.92 Å². The lowest BCUT2D eigenvalue weighted by atomic mass is 10.1. The molecule has 1 aromatic heterocycles. The summed E-state index contributed by atoms with van der Waals surface area (Å²) in [6.45, 7) is 1.69. The van der Waals surface area contributed by atoms with Gasteiger partial charge in [0, 0.05) is 17.8 Å². The summed E-state index contributed by atoms with van der Waals surface area (Å²) in [6, 6.07) is 15.4. The van der Waals surface area contributed by atoms with E-state index in [4.69, 9.17) is 9.47 Å². The molecule has 0 radical (unpaired) electrons. The van der Waals surface area contributed by atoms with Crippen molar-refractivity contribution in [3.05, 3.63) is 71.7 Å². The number of esters is 1. The molecule has 0 unspecified atom stereocenters. The van der Waals surface area contributed by atoms with Gasteiger partial charge in [-0.3, -0.25) is 4.79 Å². The Morgan fingerprint density at radius 3 is 2.52 bits per heavy atom. The van der Waals surface area contributed by atoms with Crippen molar-refractivity contribution >= 4 is 29.1 Å². The van der Waals surface area contributed by atoms with E-state index in [2.05, 4.69) is 20.6 Å². The van der Waals surface area contributed by atoms with Crippen LogP contribution in [-0.2, 0) is 4.74 Å². The number of nitrogens with zero attached hydrogens (tertiary/aromatic N) is 2. The van der Waals surface area contributed by atoms with Crippen LogP contribution < -0.4 is 15.4 Å². The molecule has 0 aliphatic rings. The normalized spacial score (nSPS) is 10.2. The standard InChI is InChI=1S/C21H20N4O4/c1-13-22-18(12-19(23-13)24-14-7-6-8-15(11-14)28-2)20(26)25-17-10-5-4-9-16(17)21(27)29-3/h4-12H,1-3H3,(H,25,26)(H,22,23,24). The van der Waals surface area contributed by atoms with E-state index >= 15 is 0 Å². The van der Waals surface area contributed by atoms with Gasteiger partial charge in [-0.2, -0.15) is 0 Å². The largest absolute Gasteiger partial charge is 0.497 e. The van der Waals surface area contributed by atoms with Gasteiger partial charge in [0.15, 0.2) is 0 Å². The molecule has 0 atom stereocenters. The quantitative estimate of drug-likeness (QED) is 0.618. The van der Waals surface area contributed by atoms with Crippen LogP contribution in [0, 0.1) is 6.92 Å². The molecular formula is C21H20N4O4. The number of methoxy groups -OCH3 is 2. The Bertz CT molecular complexity index is 1050. The summed E-state index contributed by atoms with van der Waals surface area (Å²) in [5.41, 5.74) is 1.50. The molecule has 0 saturated heterocycles. The number of anilines is 3. The fraction of sp³-hybridized carbons (Fsp3) is 0.143. The predicted octanol–water partition coefficient (Wildman–Crippen LogP) is 3.58. The Hall–Kier alpha value is -3.94. The van der Waals surface area contributed by atoms with Crippen molar-refractivity contribution in [1.82, 2.24) is 9.97 Å². The van der Waals surface area contributed by atoms with Crippen molar-refractivity contribution in [3.8, 4) is 5.75 Å². The number of aromatic nitrogens is 2. The first-order valence-corrected chi connectivity index (χ1v) is 8.75. The van der Waals surface area contributed by atoms with E-state index in [1.807, 2.05) is 24.3 Å². The monoisotopic (exact) mass is 392 g/mol. The van der Waals surface area contributed by atoms with Crippen molar-refractivity contribution in [2.24, 2.45) is 0 Å². The van der Waals surface area contributed by atoms with Crippen LogP contribution in [0.25, 0.3) is 0 Å². The molecule has 0 saturated carbocycles. The summed E-state index contributed by atoms with van der Waals surface area (Å²) < 4.78 is 9.96. The molecule has 0 aliphatic heterocycles. The van der Waals surface area contributed by atoms with Gasteiger partial charge >= 0.3 is 5.97 Å². The van der Waals surface area contributed by atoms with Crippen LogP contribution in [0.2, 0.25) is 0 Å². The average Bonchev–Trinajstić information content (AvgIpc) is 2.73. The second-order valence-corrected chi connectivity index (χ2v) is 6.03. The number of aryl methyl sites for hydroxylation is 1. The van der Waals surface area contributed by atoms with Crippen molar-refractivity contribution < 1.29 is 19.1 Å². The molecule has 0 bridgehead atoms. The molecule has 3 rings (SSSR count). The van der Waals surface area contributed by atoms with Crippen LogP contribution in [0.1, 0.15) is 26.7 Å². The fourth-order valence-corrected chi connectivity index (χ4v) is 2.66. The van der Waals surface area contributed by atoms with E-state index < -0.39 is 11.9 Å². The maximum Gasteiger partial charge on any atom is 0.339 e. The zero-order chi connectivity index (χ0) is 20.8. The summed E-state index contributed by atoms with van der Waals surface area (Å²) in [7, 11) is 2.87. The maximum atomic E-state index is 12.7. The number of rotatable bonds is 6. The van der Waals surface area contributed by atoms with Crippen LogP contribution in [-0.4, -0.2) is 36.1 Å². The molecule has 0 fully saturated rings. The number of hydrogen-bond donors (Lipinski definition) is 2. The first-order chi connectivity index (χ1) is 14.0. The summed E-state index contributed by atoms with van der Waals surface area (Å²) in [6.07, 6.45) is 0. The van der Waals surface area contributed by atoms with Gasteiger partial charge in [0.05, 0.1) is 25.5 Å². The lowest BCUT2D eigenvalue weighted by Gasteiger charge is -2.11. The molecule has 2 N–H and O–H groups in total. The number of hydrogen-bond acceptors (Lipinski definition) is 7. The van der Waals surface area contributed by atoms with Gasteiger partial charge in [0.25, 0.3) is 5.91 Å². The number of para-hydroxylation sites is 1. The van der Waals surface area contributed by atoms with Crippen LogP contribution in [0.5, 0.6) is 5.75 Å². The number of ether oxygens (including phenoxy) is 2. The topological polar surface area (TPSA) is 102 Å². The Kier molecular flexibility index (Phi) is 6.03. The van der Waals surface area contributed by atoms with Gasteiger partial charge in [-0.05, 0) is 31.2 Å². The second kappa shape index (κ2) is 8.83. The van der Waals surface area contributed by atoms with E-state index in [1.54, 1.807) is 38.3 Å². The average molecular weight is 392 g/mol. The van der Waals surface area contributed by atoms with Crippen molar-refractivity contribution in [1.29, 1.82) is 0 Å². The molecule has 1 amide bonds. The number of carbonyl (C=O) groups excluding carboxylic acids is 2. The smallest absolute Gasteiger partial charge is 0.339 e. The minimum Gasteiger partial charge on any atom is -0.497 e. The minimum absolute atomic E-state index is 0.155. The number of benzene rings is 2. The van der Waals surface area contributed by atoms with E-state index in [0.717, 1.165) is 5.69 Å². The Morgan fingerprint density at radius 2 is 1.76 bits per heavy atom. The number of amides is 1. The molecule has 0 spiro atoms. The third-order valence-corrected chi connectivity index (χ3v) is 3.99. The summed E-state index contributed by atoms with van der Waals surface area (Å²) in [4.78, 5) is 33.1. The molecule has 3 aromatic rings. The predicted molar refractivity (Wildman–Crippen MR) is 109 cm³/mol. The lowest BCUT2D eigenvalue weighted by Crippen LogP contribution is -2.17. The van der Waals surface area contributed by atoms with Crippen LogP contribution in [0.3, 0.4) is 0 Å². The van der Waals surface area contributed by atoms with Gasteiger partial charge in [-0.1, -0.05) is 18.2 Å². The second-order valence-electron chi connectivity index (χ2n) is 6.03. The van der Waals surface area contributed by atoms with E-state index in [9.17, 15) is 9.59 Å². The zero-order valence-electron chi connectivity index (χ0n) is 16.2. The van der Waals surface area contributed by atoms with Crippen LogP contribution in [0.4, 0.5) is 17.2 Å². The SMILES string of the molecule is COC(=O)c1ccccc1NC(=O)c1cc(Nc2cccc(OC)c2)nc(C)n1. The first-order valence-electron chi connectivity index (χ1n) is 8.75. The highest BCUT2D eigenvalue weighted by Crippen LogP contribution is 2.21. The van der Waals surface area contributed by atoms with Crippen LogP contribution in [0.15, 0.2) is 54.6 Å². The van der Waals surface area contributed by atoms with Gasteiger partial charge < -0.3 is 20.1 Å². The first kappa shape index (κ1) is 19.8. The summed E-state index contributed by atoms with van der Waals surface area (Å²) in [5.74, 6) is 0.556.